The fourth-order valence-electron chi connectivity index (χ4n) is 0.305. The number of hydrogen-bond donors (Lipinski definition) is 1. The molecule has 1 N–H and O–H groups in total. The normalized spacial score (nSPS) is 11.2. The number of rotatable bonds is 4. The molecule has 58 valence electrons. The number of aliphatic hydroxyl groups excluding tert-OH is 1. The molecule has 0 spiro atoms. The third-order valence-corrected chi connectivity index (χ3v) is 0.861. The molecule has 0 saturated heterocycles. The van der Waals surface area contributed by atoms with Crippen LogP contribution in [0, 0.1) is 10.1 Å². The molecule has 0 amide bonds. The van der Waals surface area contributed by atoms with Gasteiger partial charge in [0.25, 0.3) is 5.09 Å². The van der Waals surface area contributed by atoms with E-state index in [1.165, 1.54) is 6.08 Å². The summed E-state index contributed by atoms with van der Waals surface area (Å²) in [6, 6.07) is 0. The van der Waals surface area contributed by atoms with Gasteiger partial charge in [-0.05, 0) is 6.92 Å². The summed E-state index contributed by atoms with van der Waals surface area (Å²) in [6.45, 7) is 1.46. The Morgan fingerprint density at radius 3 is 2.90 bits per heavy atom. The molecule has 0 aliphatic carbocycles. The van der Waals surface area contributed by atoms with Gasteiger partial charge in [0, 0.05) is 0 Å². The molecule has 0 heterocycles. The second-order valence-electron chi connectivity index (χ2n) is 1.73. The van der Waals surface area contributed by atoms with Crippen LogP contribution < -0.4 is 0 Å². The van der Waals surface area contributed by atoms with Crippen molar-refractivity contribution in [3.8, 4) is 0 Å². The maximum absolute atomic E-state index is 9.56. The van der Waals surface area contributed by atoms with Crippen LogP contribution in [0.1, 0.15) is 6.92 Å². The summed E-state index contributed by atoms with van der Waals surface area (Å²) < 4.78 is 0. The highest BCUT2D eigenvalue weighted by Gasteiger charge is 1.90. The molecule has 5 heteroatoms. The fraction of sp³-hybridized carbons (Fsp3) is 0.600. The van der Waals surface area contributed by atoms with E-state index in [1.807, 2.05) is 0 Å². The molecule has 0 radical (unpaired) electrons. The molecule has 0 fully saturated rings. The van der Waals surface area contributed by atoms with Crippen molar-refractivity contribution in [1.29, 1.82) is 0 Å². The van der Waals surface area contributed by atoms with E-state index in [0.29, 0.717) is 5.57 Å². The van der Waals surface area contributed by atoms with E-state index in [1.54, 1.807) is 6.92 Å². The predicted molar refractivity (Wildman–Crippen MR) is 33.8 cm³/mol. The van der Waals surface area contributed by atoms with E-state index in [9.17, 15) is 10.1 Å². The van der Waals surface area contributed by atoms with Crippen molar-refractivity contribution in [1.82, 2.24) is 0 Å². The quantitative estimate of drug-likeness (QED) is 0.348. The Labute approximate surface area is 58.0 Å². The molecular weight excluding hydrogens is 138 g/mol. The molecule has 0 saturated carbocycles. The Morgan fingerprint density at radius 1 is 1.90 bits per heavy atom. The zero-order chi connectivity index (χ0) is 7.98. The molecule has 0 bridgehead atoms. The lowest BCUT2D eigenvalue weighted by Gasteiger charge is -1.93. The lowest BCUT2D eigenvalue weighted by Crippen LogP contribution is -2.00. The highest BCUT2D eigenvalue weighted by Crippen LogP contribution is 1.88. The van der Waals surface area contributed by atoms with Gasteiger partial charge in [0.1, 0.15) is 6.61 Å². The lowest BCUT2D eigenvalue weighted by molar-refractivity contribution is -0.755. The van der Waals surface area contributed by atoms with E-state index < -0.39 is 5.09 Å². The minimum absolute atomic E-state index is 0.0962. The topological polar surface area (TPSA) is 72.6 Å². The third kappa shape index (κ3) is 5.04. The Hall–Kier alpha value is -1.10. The number of nitrogens with zero attached hydrogens (tertiary/aromatic N) is 1. The Bertz CT molecular complexity index is 143. The highest BCUT2D eigenvalue weighted by atomic mass is 16.9. The van der Waals surface area contributed by atoms with Crippen LogP contribution in [0.5, 0.6) is 0 Å². The molecule has 0 unspecified atom stereocenters. The summed E-state index contributed by atoms with van der Waals surface area (Å²) in [5, 5.41) is 17.1. The summed E-state index contributed by atoms with van der Waals surface area (Å²) in [6.07, 6.45) is 1.45. The molecule has 0 rings (SSSR count). The predicted octanol–water partition coefficient (Wildman–Crippen LogP) is 0.133. The maximum Gasteiger partial charge on any atom is 0.294 e. The first-order chi connectivity index (χ1) is 4.66. The van der Waals surface area contributed by atoms with Crippen molar-refractivity contribution in [2.75, 3.05) is 13.2 Å². The zero-order valence-corrected chi connectivity index (χ0v) is 5.61. The average Bonchev–Trinajstić information content (AvgIpc) is 1.87. The van der Waals surface area contributed by atoms with Gasteiger partial charge in [0.05, 0.1) is 6.61 Å². The number of aliphatic hydroxyl groups is 1. The first kappa shape index (κ1) is 8.90. The van der Waals surface area contributed by atoms with Gasteiger partial charge in [0.15, 0.2) is 0 Å². The highest BCUT2D eigenvalue weighted by molar-refractivity contribution is 4.97. The molecule has 0 aromatic heterocycles. The monoisotopic (exact) mass is 147 g/mol. The van der Waals surface area contributed by atoms with Gasteiger partial charge in [-0.25, -0.2) is 0 Å². The van der Waals surface area contributed by atoms with Crippen LogP contribution in [0.4, 0.5) is 0 Å². The minimum Gasteiger partial charge on any atom is -0.392 e. The van der Waals surface area contributed by atoms with Gasteiger partial charge >= 0.3 is 0 Å². The van der Waals surface area contributed by atoms with E-state index in [0.717, 1.165) is 0 Å². The Kier molecular flexibility index (Phi) is 4.23. The molecule has 5 nitrogen and oxygen atoms in total. The van der Waals surface area contributed by atoms with Crippen LogP contribution in [-0.2, 0) is 4.84 Å². The van der Waals surface area contributed by atoms with Gasteiger partial charge in [-0.15, -0.1) is 10.1 Å². The van der Waals surface area contributed by atoms with Crippen molar-refractivity contribution in [3.63, 3.8) is 0 Å². The van der Waals surface area contributed by atoms with Crippen molar-refractivity contribution < 1.29 is 15.0 Å². The summed E-state index contributed by atoms with van der Waals surface area (Å²) in [4.78, 5) is 13.5. The summed E-state index contributed by atoms with van der Waals surface area (Å²) in [5.41, 5.74) is 0.654. The molecular formula is C5H9NO4. The summed E-state index contributed by atoms with van der Waals surface area (Å²) in [7, 11) is 0. The van der Waals surface area contributed by atoms with Crippen molar-refractivity contribution >= 4 is 0 Å². The SMILES string of the molecule is C/C(=C/CO[N+](=O)[O-])CO. The standard InChI is InChI=1S/C5H9NO4/c1-5(4-7)2-3-10-6(8)9/h2,7H,3-4H2,1H3/b5-2-. The van der Waals surface area contributed by atoms with Crippen molar-refractivity contribution in [2.45, 2.75) is 6.92 Å². The molecule has 0 aliphatic rings. The van der Waals surface area contributed by atoms with E-state index in [-0.39, 0.29) is 13.2 Å². The van der Waals surface area contributed by atoms with Crippen LogP contribution in [-0.4, -0.2) is 23.4 Å². The third-order valence-electron chi connectivity index (χ3n) is 0.861. The summed E-state index contributed by atoms with van der Waals surface area (Å²) in [5.74, 6) is 0. The lowest BCUT2D eigenvalue weighted by atomic mass is 10.3. The second-order valence-corrected chi connectivity index (χ2v) is 1.73. The molecule has 0 aromatic carbocycles. The van der Waals surface area contributed by atoms with Crippen LogP contribution >= 0.6 is 0 Å². The van der Waals surface area contributed by atoms with Gasteiger partial charge < -0.3 is 9.94 Å². The molecule has 0 aromatic rings. The minimum atomic E-state index is -0.874. The van der Waals surface area contributed by atoms with Crippen LogP contribution in [0.25, 0.3) is 0 Å². The smallest absolute Gasteiger partial charge is 0.294 e. The second kappa shape index (κ2) is 4.75. The Balaban J connectivity index is 3.43. The van der Waals surface area contributed by atoms with E-state index in [2.05, 4.69) is 4.84 Å². The molecule has 0 aliphatic heterocycles. The van der Waals surface area contributed by atoms with Crippen molar-refractivity contribution in [2.24, 2.45) is 0 Å². The summed E-state index contributed by atoms with van der Waals surface area (Å²) >= 11 is 0. The first-order valence-electron chi connectivity index (χ1n) is 2.70. The van der Waals surface area contributed by atoms with Crippen LogP contribution in [0.2, 0.25) is 0 Å². The van der Waals surface area contributed by atoms with Crippen LogP contribution in [0.15, 0.2) is 11.6 Å². The van der Waals surface area contributed by atoms with E-state index in [4.69, 9.17) is 5.11 Å². The molecule has 10 heavy (non-hydrogen) atoms. The number of hydrogen-bond acceptors (Lipinski definition) is 4. The Morgan fingerprint density at radius 2 is 2.50 bits per heavy atom. The zero-order valence-electron chi connectivity index (χ0n) is 5.61. The first-order valence-corrected chi connectivity index (χ1v) is 2.70. The maximum atomic E-state index is 9.56. The largest absolute Gasteiger partial charge is 0.392 e. The molecule has 0 atom stereocenters. The van der Waals surface area contributed by atoms with Gasteiger partial charge in [0.2, 0.25) is 0 Å². The van der Waals surface area contributed by atoms with Crippen molar-refractivity contribution in [3.05, 3.63) is 21.8 Å². The van der Waals surface area contributed by atoms with Gasteiger partial charge in [-0.1, -0.05) is 11.6 Å². The van der Waals surface area contributed by atoms with Gasteiger partial charge in [-0.3, -0.25) is 0 Å². The van der Waals surface area contributed by atoms with Crippen LogP contribution in [0.3, 0.4) is 0 Å². The van der Waals surface area contributed by atoms with Gasteiger partial charge in [-0.2, -0.15) is 0 Å². The average molecular weight is 147 g/mol. The van der Waals surface area contributed by atoms with E-state index >= 15 is 0 Å². The fourth-order valence-corrected chi connectivity index (χ4v) is 0.305.